The van der Waals surface area contributed by atoms with Crippen LogP contribution >= 0.6 is 0 Å². The number of rotatable bonds is 8. The highest BCUT2D eigenvalue weighted by Crippen LogP contribution is 2.17. The van der Waals surface area contributed by atoms with E-state index in [1.54, 1.807) is 4.90 Å². The maximum absolute atomic E-state index is 11.9. The van der Waals surface area contributed by atoms with Crippen molar-refractivity contribution >= 4 is 17.8 Å². The molecule has 114 valence electrons. The van der Waals surface area contributed by atoms with Gasteiger partial charge >= 0.3 is 5.97 Å². The molecular formula is C14H24N2O4. The van der Waals surface area contributed by atoms with E-state index in [1.165, 1.54) is 0 Å². The molecule has 20 heavy (non-hydrogen) atoms. The van der Waals surface area contributed by atoms with Gasteiger partial charge in [-0.25, -0.2) is 0 Å². The molecule has 6 nitrogen and oxygen atoms in total. The van der Waals surface area contributed by atoms with Crippen LogP contribution in [0.5, 0.6) is 0 Å². The standard InChI is InChI=1S/C14H24N2O4/c1-3-16-9-11(8-12(16)17)14(20)15-7-6-10(2)4-5-13(18)19/h10-11H,3-9H2,1-2H3,(H,15,20)(H,18,19). The van der Waals surface area contributed by atoms with Crippen LogP contribution in [0.25, 0.3) is 0 Å². The number of hydrogen-bond donors (Lipinski definition) is 2. The average molecular weight is 284 g/mol. The van der Waals surface area contributed by atoms with Crippen molar-refractivity contribution in [1.82, 2.24) is 10.2 Å². The molecule has 0 aromatic heterocycles. The van der Waals surface area contributed by atoms with Crippen molar-refractivity contribution in [2.75, 3.05) is 19.6 Å². The van der Waals surface area contributed by atoms with Gasteiger partial charge in [-0.2, -0.15) is 0 Å². The summed E-state index contributed by atoms with van der Waals surface area (Å²) >= 11 is 0. The largest absolute Gasteiger partial charge is 0.481 e. The fourth-order valence-electron chi connectivity index (χ4n) is 2.35. The second-order valence-corrected chi connectivity index (χ2v) is 5.45. The Morgan fingerprint density at radius 1 is 1.45 bits per heavy atom. The second kappa shape index (κ2) is 7.87. The molecule has 2 amide bonds. The summed E-state index contributed by atoms with van der Waals surface area (Å²) in [5.41, 5.74) is 0. The molecule has 0 saturated carbocycles. The van der Waals surface area contributed by atoms with Gasteiger partial charge < -0.3 is 15.3 Å². The molecule has 0 radical (unpaired) electrons. The van der Waals surface area contributed by atoms with Gasteiger partial charge in [0.25, 0.3) is 0 Å². The lowest BCUT2D eigenvalue weighted by Crippen LogP contribution is -2.34. The zero-order valence-corrected chi connectivity index (χ0v) is 12.2. The Morgan fingerprint density at radius 2 is 2.15 bits per heavy atom. The van der Waals surface area contributed by atoms with Gasteiger partial charge in [0.1, 0.15) is 0 Å². The summed E-state index contributed by atoms with van der Waals surface area (Å²) in [5.74, 6) is -0.784. The third kappa shape index (κ3) is 5.19. The molecule has 2 N–H and O–H groups in total. The van der Waals surface area contributed by atoms with Crippen molar-refractivity contribution in [3.8, 4) is 0 Å². The van der Waals surface area contributed by atoms with Crippen molar-refractivity contribution in [3.63, 3.8) is 0 Å². The van der Waals surface area contributed by atoms with Gasteiger partial charge in [0.05, 0.1) is 5.92 Å². The minimum absolute atomic E-state index is 0.0440. The van der Waals surface area contributed by atoms with Crippen molar-refractivity contribution in [2.45, 2.75) is 39.5 Å². The molecule has 0 bridgehead atoms. The van der Waals surface area contributed by atoms with Gasteiger partial charge in [0, 0.05) is 32.5 Å². The smallest absolute Gasteiger partial charge is 0.303 e. The highest BCUT2D eigenvalue weighted by atomic mass is 16.4. The summed E-state index contributed by atoms with van der Waals surface area (Å²) in [4.78, 5) is 35.6. The first-order valence-corrected chi connectivity index (χ1v) is 7.21. The van der Waals surface area contributed by atoms with Crippen LogP contribution in [0.3, 0.4) is 0 Å². The third-order valence-corrected chi connectivity index (χ3v) is 3.75. The van der Waals surface area contributed by atoms with E-state index in [9.17, 15) is 14.4 Å². The molecule has 1 aliphatic rings. The van der Waals surface area contributed by atoms with Gasteiger partial charge in [-0.1, -0.05) is 6.92 Å². The van der Waals surface area contributed by atoms with Crippen LogP contribution in [0, 0.1) is 11.8 Å². The molecule has 2 unspecified atom stereocenters. The lowest BCUT2D eigenvalue weighted by molar-refractivity contribution is -0.137. The van der Waals surface area contributed by atoms with E-state index in [4.69, 9.17) is 5.11 Å². The van der Waals surface area contributed by atoms with Crippen molar-refractivity contribution in [3.05, 3.63) is 0 Å². The molecule has 1 heterocycles. The molecule has 1 rings (SSSR count). The van der Waals surface area contributed by atoms with Gasteiger partial charge in [-0.3, -0.25) is 14.4 Å². The Bertz CT molecular complexity index is 370. The number of carbonyl (C=O) groups is 3. The fraction of sp³-hybridized carbons (Fsp3) is 0.786. The van der Waals surface area contributed by atoms with E-state index in [0.29, 0.717) is 32.5 Å². The molecule has 1 fully saturated rings. The SMILES string of the molecule is CCN1CC(C(=O)NCCC(C)CCC(=O)O)CC1=O. The number of carboxylic acid groups (broad SMARTS) is 1. The van der Waals surface area contributed by atoms with E-state index in [2.05, 4.69) is 5.32 Å². The van der Waals surface area contributed by atoms with Gasteiger partial charge in [-0.05, 0) is 25.7 Å². The molecule has 0 aromatic carbocycles. The summed E-state index contributed by atoms with van der Waals surface area (Å²) in [6.07, 6.45) is 1.85. The topological polar surface area (TPSA) is 86.7 Å². The second-order valence-electron chi connectivity index (χ2n) is 5.45. The summed E-state index contributed by atoms with van der Waals surface area (Å²) in [5, 5.41) is 11.4. The number of nitrogens with zero attached hydrogens (tertiary/aromatic N) is 1. The van der Waals surface area contributed by atoms with E-state index in [0.717, 1.165) is 6.42 Å². The first-order valence-electron chi connectivity index (χ1n) is 7.21. The Kier molecular flexibility index (Phi) is 6.48. The number of carboxylic acids is 1. The monoisotopic (exact) mass is 284 g/mol. The fourth-order valence-corrected chi connectivity index (χ4v) is 2.35. The average Bonchev–Trinajstić information content (AvgIpc) is 2.77. The van der Waals surface area contributed by atoms with Crippen LogP contribution in [0.4, 0.5) is 0 Å². The van der Waals surface area contributed by atoms with Crippen LogP contribution in [0.1, 0.15) is 39.5 Å². The van der Waals surface area contributed by atoms with Crippen LogP contribution in [-0.4, -0.2) is 47.4 Å². The van der Waals surface area contributed by atoms with Crippen LogP contribution in [-0.2, 0) is 14.4 Å². The van der Waals surface area contributed by atoms with Crippen LogP contribution in [0.15, 0.2) is 0 Å². The third-order valence-electron chi connectivity index (χ3n) is 3.75. The minimum Gasteiger partial charge on any atom is -0.481 e. The predicted octanol–water partition coefficient (Wildman–Crippen LogP) is 0.862. The number of amides is 2. The molecule has 1 aliphatic heterocycles. The quantitative estimate of drug-likeness (QED) is 0.692. The highest BCUT2D eigenvalue weighted by molar-refractivity contribution is 5.89. The Morgan fingerprint density at radius 3 is 2.70 bits per heavy atom. The van der Waals surface area contributed by atoms with E-state index >= 15 is 0 Å². The normalized spacial score (nSPS) is 20.0. The molecule has 2 atom stereocenters. The Labute approximate surface area is 119 Å². The molecular weight excluding hydrogens is 260 g/mol. The van der Waals surface area contributed by atoms with Gasteiger partial charge in [-0.15, -0.1) is 0 Å². The van der Waals surface area contributed by atoms with Crippen molar-refractivity contribution in [2.24, 2.45) is 11.8 Å². The first-order chi connectivity index (χ1) is 9.43. The van der Waals surface area contributed by atoms with Crippen molar-refractivity contribution < 1.29 is 19.5 Å². The zero-order valence-electron chi connectivity index (χ0n) is 12.2. The summed E-state index contributed by atoms with van der Waals surface area (Å²) in [6.45, 7) is 5.58. The van der Waals surface area contributed by atoms with Crippen molar-refractivity contribution in [1.29, 1.82) is 0 Å². The van der Waals surface area contributed by atoms with Crippen LogP contribution < -0.4 is 5.32 Å². The predicted molar refractivity (Wildman–Crippen MR) is 74.0 cm³/mol. The lowest BCUT2D eigenvalue weighted by atomic mass is 10.0. The first kappa shape index (κ1) is 16.5. The molecule has 0 aliphatic carbocycles. The number of nitrogens with one attached hydrogen (secondary N) is 1. The number of likely N-dealkylation sites (tertiary alicyclic amines) is 1. The molecule has 0 spiro atoms. The van der Waals surface area contributed by atoms with Gasteiger partial charge in [0.2, 0.25) is 11.8 Å². The summed E-state index contributed by atoms with van der Waals surface area (Å²) < 4.78 is 0. The zero-order chi connectivity index (χ0) is 15.1. The summed E-state index contributed by atoms with van der Waals surface area (Å²) in [7, 11) is 0. The van der Waals surface area contributed by atoms with E-state index < -0.39 is 5.97 Å². The van der Waals surface area contributed by atoms with E-state index in [1.807, 2.05) is 13.8 Å². The Balaban J connectivity index is 2.20. The van der Waals surface area contributed by atoms with Crippen LogP contribution in [0.2, 0.25) is 0 Å². The maximum Gasteiger partial charge on any atom is 0.303 e. The molecule has 0 aromatic rings. The minimum atomic E-state index is -0.787. The highest BCUT2D eigenvalue weighted by Gasteiger charge is 2.33. The van der Waals surface area contributed by atoms with Gasteiger partial charge in [0.15, 0.2) is 0 Å². The van der Waals surface area contributed by atoms with E-state index in [-0.39, 0.29) is 30.1 Å². The Hall–Kier alpha value is -1.59. The molecule has 6 heteroatoms. The number of aliphatic carboxylic acids is 1. The number of carbonyl (C=O) groups excluding carboxylic acids is 2. The summed E-state index contributed by atoms with van der Waals surface area (Å²) in [6, 6.07) is 0. The maximum atomic E-state index is 11.9. The molecule has 1 saturated heterocycles. The lowest BCUT2D eigenvalue weighted by Gasteiger charge is -2.14. The number of hydrogen-bond acceptors (Lipinski definition) is 3.